The smallest absolute Gasteiger partial charge is 0.297 e. The minimum Gasteiger partial charge on any atom is -0.450 e. The van der Waals surface area contributed by atoms with E-state index >= 15 is 0 Å². The lowest BCUT2D eigenvalue weighted by Crippen LogP contribution is -2.30. The number of rotatable bonds is 7. The van der Waals surface area contributed by atoms with Crippen molar-refractivity contribution in [1.82, 2.24) is 19.7 Å². The summed E-state index contributed by atoms with van der Waals surface area (Å²) in [5.74, 6) is -7.57. The number of aromatic amines is 1. The highest BCUT2D eigenvalue weighted by atomic mass is 19.3. The summed E-state index contributed by atoms with van der Waals surface area (Å²) in [6.07, 6.45) is 3.39. The fraction of sp³-hybridized carbons (Fsp3) is 0.333. The summed E-state index contributed by atoms with van der Waals surface area (Å²) in [5, 5.41) is 5.19. The number of H-pyrrole nitrogens is 1. The lowest BCUT2D eigenvalue weighted by atomic mass is 10.2. The first-order valence-corrected chi connectivity index (χ1v) is 8.29. The summed E-state index contributed by atoms with van der Waals surface area (Å²) in [5.41, 5.74) is -3.72. The van der Waals surface area contributed by atoms with Crippen molar-refractivity contribution in [3.05, 3.63) is 74.5 Å². The van der Waals surface area contributed by atoms with Gasteiger partial charge in [-0.15, -0.1) is 0 Å². The molecule has 0 saturated heterocycles. The van der Waals surface area contributed by atoms with Crippen molar-refractivity contribution in [3.8, 4) is 5.75 Å². The van der Waals surface area contributed by atoms with E-state index in [4.69, 9.17) is 4.74 Å². The molecule has 156 valence electrons. The Kier molecular flexibility index (Phi) is 6.10. The first-order valence-electron chi connectivity index (χ1n) is 8.29. The van der Waals surface area contributed by atoms with Crippen molar-refractivity contribution >= 4 is 0 Å². The Morgan fingerprint density at radius 3 is 2.45 bits per heavy atom. The van der Waals surface area contributed by atoms with Crippen LogP contribution in [0.15, 0.2) is 46.5 Å². The highest BCUT2D eigenvalue weighted by molar-refractivity contribution is 5.31. The van der Waals surface area contributed by atoms with Gasteiger partial charge in [-0.25, -0.2) is 10.1 Å². The van der Waals surface area contributed by atoms with Gasteiger partial charge in [0, 0.05) is 19.4 Å². The van der Waals surface area contributed by atoms with Gasteiger partial charge < -0.3 is 4.74 Å². The Balaban J connectivity index is 2.60. The molecule has 0 bridgehead atoms. The van der Waals surface area contributed by atoms with Gasteiger partial charge in [0.2, 0.25) is 5.75 Å². The van der Waals surface area contributed by atoms with E-state index in [1.807, 2.05) is 5.10 Å². The molecule has 29 heavy (non-hydrogen) atoms. The Labute approximate surface area is 162 Å². The molecular formula is C18H18F4N4O3. The van der Waals surface area contributed by atoms with Gasteiger partial charge in [-0.1, -0.05) is 6.58 Å². The van der Waals surface area contributed by atoms with E-state index in [9.17, 15) is 27.2 Å². The zero-order valence-corrected chi connectivity index (χ0v) is 15.8. The number of aromatic nitrogens is 4. The molecule has 0 saturated carbocycles. The van der Waals surface area contributed by atoms with Gasteiger partial charge >= 0.3 is 0 Å². The highest BCUT2D eigenvalue weighted by Gasteiger charge is 2.34. The maximum absolute atomic E-state index is 13.9. The average molecular weight is 414 g/mol. The summed E-state index contributed by atoms with van der Waals surface area (Å²) in [4.78, 5) is 28.2. The van der Waals surface area contributed by atoms with Crippen molar-refractivity contribution in [3.63, 3.8) is 0 Å². The average Bonchev–Trinajstić information content (AvgIpc) is 2.62. The summed E-state index contributed by atoms with van der Waals surface area (Å²) < 4.78 is 60.7. The third-order valence-corrected chi connectivity index (χ3v) is 3.79. The number of nitrogens with one attached hydrogen (secondary N) is 1. The minimum absolute atomic E-state index is 0.0295. The van der Waals surface area contributed by atoms with Gasteiger partial charge in [-0.05, 0) is 25.1 Å². The molecule has 2 rings (SSSR count). The van der Waals surface area contributed by atoms with Crippen LogP contribution in [0.25, 0.3) is 0 Å². The van der Waals surface area contributed by atoms with E-state index in [1.54, 1.807) is 6.92 Å². The fourth-order valence-electron chi connectivity index (χ4n) is 2.30. The van der Waals surface area contributed by atoms with Crippen LogP contribution in [0, 0.1) is 0 Å². The highest BCUT2D eigenvalue weighted by Crippen LogP contribution is 2.31. The third-order valence-electron chi connectivity index (χ3n) is 3.79. The molecule has 0 aliphatic carbocycles. The number of hydrogen-bond donors (Lipinski definition) is 1. The third kappa shape index (κ3) is 4.98. The van der Waals surface area contributed by atoms with Crippen LogP contribution in [-0.2, 0) is 18.4 Å². The van der Waals surface area contributed by atoms with Gasteiger partial charge in [0.25, 0.3) is 23.0 Å². The molecule has 0 atom stereocenters. The second-order valence-corrected chi connectivity index (χ2v) is 6.24. The van der Waals surface area contributed by atoms with Gasteiger partial charge in [0.1, 0.15) is 11.5 Å². The molecule has 0 radical (unpaired) electrons. The number of hydrogen-bond acceptors (Lipinski definition) is 5. The van der Waals surface area contributed by atoms with Crippen molar-refractivity contribution < 1.29 is 22.3 Å². The van der Waals surface area contributed by atoms with E-state index < -0.39 is 46.6 Å². The van der Waals surface area contributed by atoms with Crippen LogP contribution >= 0.6 is 0 Å². The van der Waals surface area contributed by atoms with E-state index in [1.165, 1.54) is 12.2 Å². The van der Waals surface area contributed by atoms with Crippen molar-refractivity contribution in [2.24, 2.45) is 0 Å². The van der Waals surface area contributed by atoms with E-state index in [0.29, 0.717) is 13.8 Å². The number of allylic oxidation sites excluding steroid dienone is 2. The minimum atomic E-state index is -3.50. The predicted octanol–water partition coefficient (Wildman–Crippen LogP) is 3.07. The molecule has 2 aromatic rings. The molecular weight excluding hydrogens is 396 g/mol. The summed E-state index contributed by atoms with van der Waals surface area (Å²) in [7, 11) is 0. The van der Waals surface area contributed by atoms with Gasteiger partial charge in [-0.3, -0.25) is 14.2 Å². The predicted molar refractivity (Wildman–Crippen MR) is 96.2 cm³/mol. The number of ether oxygens (including phenoxy) is 1. The monoisotopic (exact) mass is 414 g/mol. The van der Waals surface area contributed by atoms with Crippen molar-refractivity contribution in [2.75, 3.05) is 0 Å². The zero-order valence-electron chi connectivity index (χ0n) is 15.8. The second-order valence-electron chi connectivity index (χ2n) is 6.24. The van der Waals surface area contributed by atoms with Gasteiger partial charge in [0.15, 0.2) is 5.69 Å². The fourth-order valence-corrected chi connectivity index (χ4v) is 2.30. The first-order chi connectivity index (χ1) is 13.4. The van der Waals surface area contributed by atoms with Crippen LogP contribution in [0.4, 0.5) is 17.6 Å². The van der Waals surface area contributed by atoms with Crippen molar-refractivity contribution in [1.29, 1.82) is 0 Å². The summed E-state index contributed by atoms with van der Waals surface area (Å²) >= 11 is 0. The normalized spacial score (nSPS) is 12.7. The molecule has 0 aliphatic rings. The van der Waals surface area contributed by atoms with Crippen LogP contribution in [0.3, 0.4) is 0 Å². The van der Waals surface area contributed by atoms with Crippen LogP contribution < -0.4 is 15.9 Å². The molecule has 0 spiro atoms. The molecule has 11 heteroatoms. The number of alkyl halides is 4. The van der Waals surface area contributed by atoms with E-state index in [2.05, 4.69) is 16.7 Å². The van der Waals surface area contributed by atoms with E-state index in [-0.39, 0.29) is 11.3 Å². The Morgan fingerprint density at radius 1 is 1.28 bits per heavy atom. The number of halogens is 4. The standard InChI is InChI=1S/C18H18F4N4O3/c1-5-11(6-2)29-13-14(18(4,21)22)23-9-26(16(13)28)8-10-7-12(17(3,19)20)24-25-15(10)27/h5-7,9H,1,8H2,2-4H3,(H,25,27). The molecule has 7 nitrogen and oxygen atoms in total. The van der Waals surface area contributed by atoms with Crippen molar-refractivity contribution in [2.45, 2.75) is 39.2 Å². The van der Waals surface area contributed by atoms with Crippen LogP contribution in [0.1, 0.15) is 37.7 Å². The maximum atomic E-state index is 13.9. The molecule has 0 unspecified atom stereocenters. The van der Waals surface area contributed by atoms with Crippen LogP contribution in [0.2, 0.25) is 0 Å². The topological polar surface area (TPSA) is 89.9 Å². The Morgan fingerprint density at radius 2 is 1.93 bits per heavy atom. The largest absolute Gasteiger partial charge is 0.450 e. The molecule has 1 N–H and O–H groups in total. The lowest BCUT2D eigenvalue weighted by molar-refractivity contribution is 0.00951. The van der Waals surface area contributed by atoms with Gasteiger partial charge in [0.05, 0.1) is 12.9 Å². The van der Waals surface area contributed by atoms with Crippen LogP contribution in [-0.4, -0.2) is 19.7 Å². The van der Waals surface area contributed by atoms with Crippen LogP contribution in [0.5, 0.6) is 5.75 Å². The number of nitrogens with zero attached hydrogens (tertiary/aromatic N) is 3. The molecule has 0 fully saturated rings. The maximum Gasteiger partial charge on any atom is 0.297 e. The molecule has 0 aliphatic heterocycles. The molecule has 0 amide bonds. The first kappa shape index (κ1) is 22.1. The SMILES string of the molecule is C=CC(=CC)Oc1c(C(C)(F)F)ncn(Cc2cc(C(C)(F)F)n[nH]c2=O)c1=O. The molecule has 2 aromatic heterocycles. The molecule has 2 heterocycles. The lowest BCUT2D eigenvalue weighted by Gasteiger charge is -2.17. The Hall–Kier alpha value is -3.24. The second kappa shape index (κ2) is 8.02. The summed E-state index contributed by atoms with van der Waals surface area (Å²) in [6, 6.07) is 0.829. The quantitative estimate of drug-likeness (QED) is 0.427. The Bertz CT molecular complexity index is 1060. The van der Waals surface area contributed by atoms with Gasteiger partial charge in [-0.2, -0.15) is 22.7 Å². The zero-order chi connectivity index (χ0) is 22.0. The summed E-state index contributed by atoms with van der Waals surface area (Å²) in [6.45, 7) is 5.60. The van der Waals surface area contributed by atoms with E-state index in [0.717, 1.165) is 17.0 Å². The molecule has 0 aromatic carbocycles.